The number of aromatic nitrogens is 1. The predicted molar refractivity (Wildman–Crippen MR) is 103 cm³/mol. The number of nitrogens with one attached hydrogen (secondary N) is 1. The molecule has 0 radical (unpaired) electrons. The van der Waals surface area contributed by atoms with E-state index in [0.29, 0.717) is 22.0 Å². The number of rotatable bonds is 6. The van der Waals surface area contributed by atoms with Crippen molar-refractivity contribution >= 4 is 39.9 Å². The highest BCUT2D eigenvalue weighted by Crippen LogP contribution is 2.22. The summed E-state index contributed by atoms with van der Waals surface area (Å²) in [5.74, 6) is 0.200. The number of amides is 1. The zero-order chi connectivity index (χ0) is 17.6. The van der Waals surface area contributed by atoms with Gasteiger partial charge in [0.05, 0.1) is 5.75 Å². The standard InChI is InChI=1S/C19H16N2O2S2/c1-13-11-20-19(25-13)21-18(23)15-8-5-9-16(10-15)24-12-17(22)14-6-3-2-4-7-14/h2-11H,12H2,1H3,(H,20,21,23). The maximum Gasteiger partial charge on any atom is 0.257 e. The van der Waals surface area contributed by atoms with Crippen LogP contribution in [0.4, 0.5) is 5.13 Å². The van der Waals surface area contributed by atoms with Crippen LogP contribution in [-0.2, 0) is 0 Å². The molecule has 1 heterocycles. The average molecular weight is 368 g/mol. The summed E-state index contributed by atoms with van der Waals surface area (Å²) in [4.78, 5) is 30.5. The van der Waals surface area contributed by atoms with Gasteiger partial charge in [-0.05, 0) is 25.1 Å². The maximum absolute atomic E-state index is 12.3. The van der Waals surface area contributed by atoms with Gasteiger partial charge in [-0.3, -0.25) is 14.9 Å². The van der Waals surface area contributed by atoms with Crippen molar-refractivity contribution in [1.82, 2.24) is 4.98 Å². The number of carbonyl (C=O) groups is 2. The van der Waals surface area contributed by atoms with Crippen LogP contribution in [0.5, 0.6) is 0 Å². The maximum atomic E-state index is 12.3. The van der Waals surface area contributed by atoms with Crippen LogP contribution in [0.2, 0.25) is 0 Å². The van der Waals surface area contributed by atoms with Crippen LogP contribution in [0, 0.1) is 6.92 Å². The van der Waals surface area contributed by atoms with Crippen LogP contribution in [-0.4, -0.2) is 22.4 Å². The monoisotopic (exact) mass is 368 g/mol. The Morgan fingerprint density at radius 3 is 2.56 bits per heavy atom. The van der Waals surface area contributed by atoms with Gasteiger partial charge in [0.25, 0.3) is 5.91 Å². The van der Waals surface area contributed by atoms with Crippen molar-refractivity contribution in [3.8, 4) is 0 Å². The molecule has 0 aliphatic carbocycles. The van der Waals surface area contributed by atoms with E-state index < -0.39 is 0 Å². The smallest absolute Gasteiger partial charge is 0.257 e. The molecule has 0 atom stereocenters. The zero-order valence-electron chi connectivity index (χ0n) is 13.6. The molecule has 25 heavy (non-hydrogen) atoms. The Bertz CT molecular complexity index is 891. The van der Waals surface area contributed by atoms with Crippen molar-refractivity contribution in [2.24, 2.45) is 0 Å². The lowest BCUT2D eigenvalue weighted by molar-refractivity contribution is 0.101. The van der Waals surface area contributed by atoms with E-state index in [9.17, 15) is 9.59 Å². The molecule has 3 aromatic rings. The minimum atomic E-state index is -0.203. The summed E-state index contributed by atoms with van der Waals surface area (Å²) < 4.78 is 0. The summed E-state index contributed by atoms with van der Waals surface area (Å²) in [5, 5.41) is 3.37. The van der Waals surface area contributed by atoms with Gasteiger partial charge < -0.3 is 0 Å². The molecule has 6 heteroatoms. The number of nitrogens with zero attached hydrogens (tertiary/aromatic N) is 1. The number of thiazole rings is 1. The van der Waals surface area contributed by atoms with Gasteiger partial charge in [0.2, 0.25) is 0 Å². The topological polar surface area (TPSA) is 59.1 Å². The van der Waals surface area contributed by atoms with E-state index >= 15 is 0 Å². The van der Waals surface area contributed by atoms with Crippen molar-refractivity contribution in [1.29, 1.82) is 0 Å². The summed E-state index contributed by atoms with van der Waals surface area (Å²) in [6, 6.07) is 16.5. The van der Waals surface area contributed by atoms with Gasteiger partial charge in [-0.25, -0.2) is 4.98 Å². The molecule has 126 valence electrons. The molecule has 1 N–H and O–H groups in total. The normalized spacial score (nSPS) is 10.4. The number of hydrogen-bond acceptors (Lipinski definition) is 5. The van der Waals surface area contributed by atoms with Crippen molar-refractivity contribution in [3.63, 3.8) is 0 Å². The van der Waals surface area contributed by atoms with Gasteiger partial charge in [0, 0.05) is 27.1 Å². The highest BCUT2D eigenvalue weighted by Gasteiger charge is 2.10. The molecule has 1 amide bonds. The minimum Gasteiger partial charge on any atom is -0.298 e. The molecule has 2 aromatic carbocycles. The Kier molecular flexibility index (Phi) is 5.63. The number of hydrogen-bond donors (Lipinski definition) is 1. The van der Waals surface area contributed by atoms with E-state index in [2.05, 4.69) is 10.3 Å². The third kappa shape index (κ3) is 4.78. The Morgan fingerprint density at radius 1 is 1.08 bits per heavy atom. The van der Waals surface area contributed by atoms with E-state index in [4.69, 9.17) is 0 Å². The first-order chi connectivity index (χ1) is 12.1. The molecule has 0 saturated heterocycles. The molecule has 0 aliphatic heterocycles. The number of ketones is 1. The summed E-state index contributed by atoms with van der Waals surface area (Å²) in [6.45, 7) is 1.94. The zero-order valence-corrected chi connectivity index (χ0v) is 15.2. The summed E-state index contributed by atoms with van der Waals surface area (Å²) in [5.41, 5.74) is 1.24. The minimum absolute atomic E-state index is 0.0683. The number of carbonyl (C=O) groups excluding carboxylic acids is 2. The summed E-state index contributed by atoms with van der Waals surface area (Å²) >= 11 is 2.86. The van der Waals surface area contributed by atoms with Crippen LogP contribution in [0.3, 0.4) is 0 Å². The second-order valence-electron chi connectivity index (χ2n) is 5.34. The lowest BCUT2D eigenvalue weighted by Gasteiger charge is -2.05. The third-order valence-electron chi connectivity index (χ3n) is 3.40. The van der Waals surface area contributed by atoms with E-state index in [1.807, 2.05) is 49.4 Å². The number of Topliss-reactive ketones (excluding diaryl/α,β-unsaturated/α-hetero) is 1. The first-order valence-corrected chi connectivity index (χ1v) is 9.47. The van der Waals surface area contributed by atoms with Crippen LogP contribution in [0.25, 0.3) is 0 Å². The van der Waals surface area contributed by atoms with Crippen molar-refractivity contribution < 1.29 is 9.59 Å². The number of anilines is 1. The number of aryl methyl sites for hydroxylation is 1. The van der Waals surface area contributed by atoms with E-state index in [1.54, 1.807) is 18.3 Å². The van der Waals surface area contributed by atoms with Gasteiger partial charge in [-0.1, -0.05) is 36.4 Å². The highest BCUT2D eigenvalue weighted by molar-refractivity contribution is 8.00. The van der Waals surface area contributed by atoms with E-state index in [1.165, 1.54) is 23.1 Å². The van der Waals surface area contributed by atoms with Crippen molar-refractivity contribution in [2.45, 2.75) is 11.8 Å². The molecule has 0 fully saturated rings. The number of benzene rings is 2. The molecule has 0 bridgehead atoms. The van der Waals surface area contributed by atoms with Crippen molar-refractivity contribution in [2.75, 3.05) is 11.1 Å². The molecule has 1 aromatic heterocycles. The summed E-state index contributed by atoms with van der Waals surface area (Å²) in [7, 11) is 0. The fourth-order valence-corrected chi connectivity index (χ4v) is 3.67. The Morgan fingerprint density at radius 2 is 1.84 bits per heavy atom. The largest absolute Gasteiger partial charge is 0.298 e. The number of thioether (sulfide) groups is 1. The molecular weight excluding hydrogens is 352 g/mol. The Balaban J connectivity index is 1.63. The van der Waals surface area contributed by atoms with Gasteiger partial charge in [-0.15, -0.1) is 23.1 Å². The van der Waals surface area contributed by atoms with Crippen molar-refractivity contribution in [3.05, 3.63) is 76.8 Å². The van der Waals surface area contributed by atoms with Gasteiger partial charge in [-0.2, -0.15) is 0 Å². The molecule has 0 unspecified atom stereocenters. The van der Waals surface area contributed by atoms with Crippen LogP contribution in [0.15, 0.2) is 65.7 Å². The molecule has 0 aliphatic rings. The molecule has 0 saturated carbocycles. The average Bonchev–Trinajstić information content (AvgIpc) is 3.05. The van der Waals surface area contributed by atoms with Crippen LogP contribution >= 0.6 is 23.1 Å². The van der Waals surface area contributed by atoms with E-state index in [-0.39, 0.29) is 11.7 Å². The van der Waals surface area contributed by atoms with Gasteiger partial charge in [0.1, 0.15) is 0 Å². The fraction of sp³-hybridized carbons (Fsp3) is 0.105. The lowest BCUT2D eigenvalue weighted by atomic mass is 10.2. The second-order valence-corrected chi connectivity index (χ2v) is 7.62. The first kappa shape index (κ1) is 17.4. The Labute approximate surface area is 154 Å². The fourth-order valence-electron chi connectivity index (χ4n) is 2.17. The molecule has 3 rings (SSSR count). The van der Waals surface area contributed by atoms with Gasteiger partial charge in [0.15, 0.2) is 10.9 Å². The first-order valence-electron chi connectivity index (χ1n) is 7.67. The van der Waals surface area contributed by atoms with Crippen LogP contribution < -0.4 is 5.32 Å². The predicted octanol–water partition coefficient (Wildman–Crippen LogP) is 4.68. The molecule has 0 spiro atoms. The van der Waals surface area contributed by atoms with E-state index in [0.717, 1.165) is 9.77 Å². The summed E-state index contributed by atoms with van der Waals surface area (Å²) in [6.07, 6.45) is 1.72. The molecular formula is C19H16N2O2S2. The quantitative estimate of drug-likeness (QED) is 0.507. The Hall–Kier alpha value is -2.44. The molecule has 4 nitrogen and oxygen atoms in total. The van der Waals surface area contributed by atoms with Crippen LogP contribution in [0.1, 0.15) is 25.6 Å². The third-order valence-corrected chi connectivity index (χ3v) is 5.23. The van der Waals surface area contributed by atoms with Gasteiger partial charge >= 0.3 is 0 Å². The second kappa shape index (κ2) is 8.09. The SMILES string of the molecule is Cc1cnc(NC(=O)c2cccc(SCC(=O)c3ccccc3)c2)s1. The highest BCUT2D eigenvalue weighted by atomic mass is 32.2. The lowest BCUT2D eigenvalue weighted by Crippen LogP contribution is -2.11.